The molecule has 0 aliphatic carbocycles. The molecule has 0 aliphatic rings. The van der Waals surface area contributed by atoms with Crippen LogP contribution in [0.4, 0.5) is 4.39 Å². The van der Waals surface area contributed by atoms with Gasteiger partial charge >= 0.3 is 0 Å². The molecular formula is C14H14FNO. The Bertz CT molecular complexity index is 525. The lowest BCUT2D eigenvalue weighted by molar-refractivity contribution is 0.471. The van der Waals surface area contributed by atoms with Crippen molar-refractivity contribution in [1.29, 1.82) is 0 Å². The van der Waals surface area contributed by atoms with Gasteiger partial charge in [0.2, 0.25) is 0 Å². The summed E-state index contributed by atoms with van der Waals surface area (Å²) in [6, 6.07) is 11.8. The number of benzene rings is 2. The molecule has 2 nitrogen and oxygen atoms in total. The Morgan fingerprint density at radius 3 is 2.71 bits per heavy atom. The number of halogens is 1. The van der Waals surface area contributed by atoms with Gasteiger partial charge in [0.05, 0.1) is 0 Å². The lowest BCUT2D eigenvalue weighted by atomic mass is 10.1. The maximum Gasteiger partial charge on any atom is 0.131 e. The minimum absolute atomic E-state index is 0.316. The van der Waals surface area contributed by atoms with E-state index in [0.29, 0.717) is 18.0 Å². The van der Waals surface area contributed by atoms with Crippen LogP contribution in [0.2, 0.25) is 0 Å². The number of aryl methyl sites for hydroxylation is 1. The predicted octanol–water partition coefficient (Wildman–Crippen LogP) is 3.39. The smallest absolute Gasteiger partial charge is 0.131 e. The van der Waals surface area contributed by atoms with E-state index in [1.54, 1.807) is 12.1 Å². The number of nitrogens with two attached hydrogens (primary N) is 1. The molecule has 2 aromatic rings. The molecule has 17 heavy (non-hydrogen) atoms. The molecule has 0 saturated heterocycles. The summed E-state index contributed by atoms with van der Waals surface area (Å²) < 4.78 is 18.6. The van der Waals surface area contributed by atoms with Crippen LogP contribution in [0.3, 0.4) is 0 Å². The number of ether oxygens (including phenoxy) is 1. The lowest BCUT2D eigenvalue weighted by Crippen LogP contribution is -2.00. The van der Waals surface area contributed by atoms with E-state index in [0.717, 1.165) is 11.1 Å². The highest BCUT2D eigenvalue weighted by Gasteiger charge is 2.04. The van der Waals surface area contributed by atoms with Crippen molar-refractivity contribution in [3.05, 3.63) is 59.4 Å². The van der Waals surface area contributed by atoms with E-state index >= 15 is 0 Å². The molecule has 0 saturated carbocycles. The lowest BCUT2D eigenvalue weighted by Gasteiger charge is -2.10. The van der Waals surface area contributed by atoms with Crippen LogP contribution in [0.1, 0.15) is 11.1 Å². The molecule has 0 bridgehead atoms. The minimum Gasteiger partial charge on any atom is -0.457 e. The van der Waals surface area contributed by atoms with Crippen molar-refractivity contribution in [2.24, 2.45) is 5.73 Å². The van der Waals surface area contributed by atoms with Crippen molar-refractivity contribution in [2.75, 3.05) is 0 Å². The van der Waals surface area contributed by atoms with Crippen molar-refractivity contribution in [2.45, 2.75) is 13.5 Å². The van der Waals surface area contributed by atoms with Crippen molar-refractivity contribution in [3.63, 3.8) is 0 Å². The number of rotatable bonds is 3. The van der Waals surface area contributed by atoms with E-state index in [1.165, 1.54) is 12.1 Å². The fraction of sp³-hybridized carbons (Fsp3) is 0.143. The molecule has 0 atom stereocenters. The van der Waals surface area contributed by atoms with Crippen LogP contribution in [-0.2, 0) is 6.54 Å². The summed E-state index contributed by atoms with van der Waals surface area (Å²) in [5.74, 6) is 0.830. The maximum absolute atomic E-state index is 13.0. The highest BCUT2D eigenvalue weighted by molar-refractivity contribution is 5.40. The van der Waals surface area contributed by atoms with E-state index in [2.05, 4.69) is 0 Å². The Hall–Kier alpha value is -1.87. The van der Waals surface area contributed by atoms with Crippen LogP contribution >= 0.6 is 0 Å². The Kier molecular flexibility index (Phi) is 3.40. The first-order chi connectivity index (χ1) is 8.19. The molecule has 2 rings (SSSR count). The van der Waals surface area contributed by atoms with Gasteiger partial charge in [-0.1, -0.05) is 23.8 Å². The highest BCUT2D eigenvalue weighted by atomic mass is 19.1. The van der Waals surface area contributed by atoms with Gasteiger partial charge in [-0.25, -0.2) is 4.39 Å². The third-order valence-corrected chi connectivity index (χ3v) is 2.46. The van der Waals surface area contributed by atoms with Gasteiger partial charge in [0.25, 0.3) is 0 Å². The van der Waals surface area contributed by atoms with Crippen LogP contribution in [0.15, 0.2) is 42.5 Å². The first-order valence-electron chi connectivity index (χ1n) is 5.42. The maximum atomic E-state index is 13.0. The largest absolute Gasteiger partial charge is 0.457 e. The number of hydrogen-bond donors (Lipinski definition) is 1. The quantitative estimate of drug-likeness (QED) is 0.878. The summed E-state index contributed by atoms with van der Waals surface area (Å²) in [4.78, 5) is 0. The van der Waals surface area contributed by atoms with Crippen LogP contribution < -0.4 is 10.5 Å². The van der Waals surface area contributed by atoms with E-state index in [-0.39, 0.29) is 5.82 Å². The Morgan fingerprint density at radius 1 is 1.18 bits per heavy atom. The first kappa shape index (κ1) is 11.6. The molecule has 0 aliphatic heterocycles. The molecule has 0 radical (unpaired) electrons. The minimum atomic E-state index is -0.316. The average Bonchev–Trinajstić information content (AvgIpc) is 2.31. The van der Waals surface area contributed by atoms with Crippen molar-refractivity contribution in [1.82, 2.24) is 0 Å². The summed E-state index contributed by atoms with van der Waals surface area (Å²) in [6.45, 7) is 2.39. The molecule has 0 fully saturated rings. The fourth-order valence-corrected chi connectivity index (χ4v) is 1.62. The van der Waals surface area contributed by atoms with Gasteiger partial charge in [-0.15, -0.1) is 0 Å². The molecule has 0 unspecified atom stereocenters. The van der Waals surface area contributed by atoms with Crippen LogP contribution in [-0.4, -0.2) is 0 Å². The zero-order valence-electron chi connectivity index (χ0n) is 9.61. The fourth-order valence-electron chi connectivity index (χ4n) is 1.62. The van der Waals surface area contributed by atoms with Gasteiger partial charge in [-0.3, -0.25) is 0 Å². The third kappa shape index (κ3) is 2.82. The summed E-state index contributed by atoms with van der Waals surface area (Å²) in [7, 11) is 0. The van der Waals surface area contributed by atoms with Gasteiger partial charge in [0, 0.05) is 18.2 Å². The molecule has 2 N–H and O–H groups in total. The van der Waals surface area contributed by atoms with Crippen molar-refractivity contribution in [3.8, 4) is 11.5 Å². The monoisotopic (exact) mass is 231 g/mol. The molecule has 0 amide bonds. The average molecular weight is 231 g/mol. The zero-order chi connectivity index (χ0) is 12.3. The first-order valence-corrected chi connectivity index (χ1v) is 5.42. The molecule has 0 heterocycles. The topological polar surface area (TPSA) is 35.2 Å². The van der Waals surface area contributed by atoms with Gasteiger partial charge in [0.1, 0.15) is 17.3 Å². The second-order valence-electron chi connectivity index (χ2n) is 3.87. The van der Waals surface area contributed by atoms with Gasteiger partial charge in [0.15, 0.2) is 0 Å². The Morgan fingerprint density at radius 2 is 2.00 bits per heavy atom. The summed E-state index contributed by atoms with van der Waals surface area (Å²) >= 11 is 0. The summed E-state index contributed by atoms with van der Waals surface area (Å²) in [6.07, 6.45) is 0. The molecule has 3 heteroatoms. The standard InChI is InChI=1S/C14H14FNO/c1-10-5-6-14(11(7-10)9-16)17-13-4-2-3-12(15)8-13/h2-8H,9,16H2,1H3. The predicted molar refractivity (Wildman–Crippen MR) is 65.5 cm³/mol. The zero-order valence-corrected chi connectivity index (χ0v) is 9.61. The SMILES string of the molecule is Cc1ccc(Oc2cccc(F)c2)c(CN)c1. The third-order valence-electron chi connectivity index (χ3n) is 2.46. The summed E-state index contributed by atoms with van der Waals surface area (Å²) in [5, 5.41) is 0. The van der Waals surface area contributed by atoms with Gasteiger partial charge in [-0.05, 0) is 25.1 Å². The Balaban J connectivity index is 2.29. The molecule has 88 valence electrons. The van der Waals surface area contributed by atoms with Gasteiger partial charge < -0.3 is 10.5 Å². The van der Waals surface area contributed by atoms with Crippen LogP contribution in [0.5, 0.6) is 11.5 Å². The second-order valence-corrected chi connectivity index (χ2v) is 3.87. The van der Waals surface area contributed by atoms with E-state index in [4.69, 9.17) is 10.5 Å². The van der Waals surface area contributed by atoms with Crippen LogP contribution in [0.25, 0.3) is 0 Å². The van der Waals surface area contributed by atoms with Gasteiger partial charge in [-0.2, -0.15) is 0 Å². The van der Waals surface area contributed by atoms with E-state index in [1.807, 2.05) is 25.1 Å². The van der Waals surface area contributed by atoms with Crippen LogP contribution in [0, 0.1) is 12.7 Å². The number of hydrogen-bond acceptors (Lipinski definition) is 2. The van der Waals surface area contributed by atoms with E-state index in [9.17, 15) is 4.39 Å². The van der Waals surface area contributed by atoms with Crippen molar-refractivity contribution < 1.29 is 9.13 Å². The highest BCUT2D eigenvalue weighted by Crippen LogP contribution is 2.26. The van der Waals surface area contributed by atoms with Crippen molar-refractivity contribution >= 4 is 0 Å². The second kappa shape index (κ2) is 4.97. The normalized spacial score (nSPS) is 10.3. The molecule has 0 spiro atoms. The molecular weight excluding hydrogens is 217 g/mol. The Labute approximate surface area is 99.8 Å². The van der Waals surface area contributed by atoms with E-state index < -0.39 is 0 Å². The molecule has 0 aromatic heterocycles. The summed E-state index contributed by atoms with van der Waals surface area (Å²) in [5.41, 5.74) is 7.68. The molecule has 2 aromatic carbocycles.